The lowest BCUT2D eigenvalue weighted by Crippen LogP contribution is -2.35. The average Bonchev–Trinajstić information content (AvgIpc) is 2.54. The Bertz CT molecular complexity index is 455. The smallest absolute Gasteiger partial charge is 0.239 e. The van der Waals surface area contributed by atoms with E-state index in [1.165, 1.54) is 12.8 Å². The monoisotopic (exact) mass is 363 g/mol. The molecule has 2 rings (SSSR count). The summed E-state index contributed by atoms with van der Waals surface area (Å²) in [6.45, 7) is 3.23. The lowest BCUT2D eigenvalue weighted by molar-refractivity contribution is -0.119. The zero-order valence-corrected chi connectivity index (χ0v) is 15.1. The second-order valence-electron chi connectivity index (χ2n) is 5.40. The molecule has 0 saturated carbocycles. The molecule has 132 valence electrons. The number of anilines is 1. The number of nitrogens with one attached hydrogen (secondary N) is 3. The zero-order valence-electron chi connectivity index (χ0n) is 13.5. The topological polar surface area (TPSA) is 62.4 Å². The summed E-state index contributed by atoms with van der Waals surface area (Å²) in [7, 11) is 1.62. The van der Waals surface area contributed by atoms with Gasteiger partial charge in [0.2, 0.25) is 5.91 Å². The molecule has 0 spiro atoms. The molecule has 1 atom stereocenters. The predicted molar refractivity (Wildman–Crippen MR) is 99.2 cm³/mol. The van der Waals surface area contributed by atoms with Crippen LogP contribution in [0.4, 0.5) is 5.69 Å². The number of hydrogen-bond acceptors (Lipinski definition) is 4. The van der Waals surface area contributed by atoms with Crippen LogP contribution in [0.15, 0.2) is 24.3 Å². The minimum Gasteiger partial charge on any atom is -0.495 e. The van der Waals surface area contributed by atoms with Crippen LogP contribution in [0.25, 0.3) is 0 Å². The van der Waals surface area contributed by atoms with Crippen LogP contribution >= 0.6 is 24.8 Å². The van der Waals surface area contributed by atoms with E-state index >= 15 is 0 Å². The minimum absolute atomic E-state index is 0. The van der Waals surface area contributed by atoms with Crippen LogP contribution in [0.3, 0.4) is 0 Å². The molecule has 1 unspecified atom stereocenters. The highest BCUT2D eigenvalue weighted by molar-refractivity contribution is 5.85. The summed E-state index contributed by atoms with van der Waals surface area (Å²) in [4.78, 5) is 11.8. The SMILES string of the molecule is COc1ccccc1NCC(=O)NCCC1CCCNC1.Cl.Cl. The van der Waals surface area contributed by atoms with E-state index in [2.05, 4.69) is 16.0 Å². The largest absolute Gasteiger partial charge is 0.495 e. The Labute approximate surface area is 150 Å². The van der Waals surface area contributed by atoms with Crippen molar-refractivity contribution in [3.05, 3.63) is 24.3 Å². The summed E-state index contributed by atoms with van der Waals surface area (Å²) in [5.74, 6) is 1.46. The van der Waals surface area contributed by atoms with Crippen molar-refractivity contribution in [1.82, 2.24) is 10.6 Å². The third-order valence-corrected chi connectivity index (χ3v) is 3.82. The van der Waals surface area contributed by atoms with Crippen LogP contribution in [-0.2, 0) is 4.79 Å². The Balaban J connectivity index is 0.00000242. The molecule has 0 radical (unpaired) electrons. The summed E-state index contributed by atoms with van der Waals surface area (Å²) in [5.41, 5.74) is 0.839. The minimum atomic E-state index is 0. The van der Waals surface area contributed by atoms with E-state index in [0.29, 0.717) is 5.92 Å². The van der Waals surface area contributed by atoms with Crippen LogP contribution in [-0.4, -0.2) is 39.2 Å². The Morgan fingerprint density at radius 1 is 1.35 bits per heavy atom. The van der Waals surface area contributed by atoms with E-state index in [-0.39, 0.29) is 37.3 Å². The fourth-order valence-electron chi connectivity index (χ4n) is 2.61. The van der Waals surface area contributed by atoms with Crippen LogP contribution in [0.5, 0.6) is 5.75 Å². The van der Waals surface area contributed by atoms with Crippen molar-refractivity contribution in [1.29, 1.82) is 0 Å². The van der Waals surface area contributed by atoms with Crippen LogP contribution in [0.1, 0.15) is 19.3 Å². The summed E-state index contributed by atoms with van der Waals surface area (Å²) in [6.07, 6.45) is 3.56. The van der Waals surface area contributed by atoms with Crippen molar-refractivity contribution in [2.75, 3.05) is 38.6 Å². The van der Waals surface area contributed by atoms with E-state index in [1.807, 2.05) is 24.3 Å². The van der Waals surface area contributed by atoms with E-state index in [4.69, 9.17) is 4.74 Å². The molecule has 1 fully saturated rings. The lowest BCUT2D eigenvalue weighted by atomic mass is 9.96. The standard InChI is InChI=1S/C16H25N3O2.2ClH/c1-21-15-7-3-2-6-14(15)19-12-16(20)18-10-8-13-5-4-9-17-11-13;;/h2-3,6-7,13,17,19H,4-5,8-12H2,1H3,(H,18,20);2*1H. The average molecular weight is 364 g/mol. The quantitative estimate of drug-likeness (QED) is 0.696. The van der Waals surface area contributed by atoms with Crippen molar-refractivity contribution in [2.24, 2.45) is 5.92 Å². The van der Waals surface area contributed by atoms with Gasteiger partial charge in [0, 0.05) is 6.54 Å². The number of halogens is 2. The molecule has 1 amide bonds. The summed E-state index contributed by atoms with van der Waals surface area (Å²) < 4.78 is 5.24. The van der Waals surface area contributed by atoms with Crippen molar-refractivity contribution in [3.8, 4) is 5.75 Å². The third kappa shape index (κ3) is 7.77. The van der Waals surface area contributed by atoms with Crippen molar-refractivity contribution < 1.29 is 9.53 Å². The van der Waals surface area contributed by atoms with Crippen molar-refractivity contribution >= 4 is 36.4 Å². The molecule has 5 nitrogen and oxygen atoms in total. The molecule has 7 heteroatoms. The Morgan fingerprint density at radius 2 is 2.13 bits per heavy atom. The van der Waals surface area contributed by atoms with Gasteiger partial charge in [-0.2, -0.15) is 0 Å². The van der Waals surface area contributed by atoms with Gasteiger partial charge in [0.25, 0.3) is 0 Å². The number of carbonyl (C=O) groups excluding carboxylic acids is 1. The maximum atomic E-state index is 11.8. The Morgan fingerprint density at radius 3 is 2.83 bits per heavy atom. The number of piperidine rings is 1. The molecular formula is C16H27Cl2N3O2. The first-order chi connectivity index (χ1) is 10.3. The fourth-order valence-corrected chi connectivity index (χ4v) is 2.61. The second-order valence-corrected chi connectivity index (χ2v) is 5.40. The number of rotatable bonds is 7. The van der Waals surface area contributed by atoms with Gasteiger partial charge < -0.3 is 20.7 Å². The molecule has 1 aromatic rings. The maximum absolute atomic E-state index is 11.8. The van der Waals surface area contributed by atoms with Crippen molar-refractivity contribution in [2.45, 2.75) is 19.3 Å². The molecule has 3 N–H and O–H groups in total. The Hall–Kier alpha value is -1.17. The zero-order chi connectivity index (χ0) is 14.9. The van der Waals surface area contributed by atoms with Gasteiger partial charge in [0.15, 0.2) is 0 Å². The highest BCUT2D eigenvalue weighted by atomic mass is 35.5. The first-order valence-electron chi connectivity index (χ1n) is 7.64. The number of hydrogen-bond donors (Lipinski definition) is 3. The van der Waals surface area contributed by atoms with Crippen LogP contribution in [0.2, 0.25) is 0 Å². The third-order valence-electron chi connectivity index (χ3n) is 3.82. The van der Waals surface area contributed by atoms with Gasteiger partial charge in [-0.1, -0.05) is 12.1 Å². The number of carbonyl (C=O) groups is 1. The molecule has 0 bridgehead atoms. The number of amides is 1. The summed E-state index contributed by atoms with van der Waals surface area (Å²) in [6, 6.07) is 7.59. The van der Waals surface area contributed by atoms with E-state index in [1.54, 1.807) is 7.11 Å². The molecule has 0 aromatic heterocycles. The molecule has 1 aromatic carbocycles. The van der Waals surface area contributed by atoms with E-state index in [0.717, 1.165) is 37.5 Å². The van der Waals surface area contributed by atoms with Crippen molar-refractivity contribution in [3.63, 3.8) is 0 Å². The Kier molecular flexibility index (Phi) is 11.7. The number of methoxy groups -OCH3 is 1. The molecule has 0 aliphatic carbocycles. The number of ether oxygens (including phenoxy) is 1. The number of para-hydroxylation sites is 2. The van der Waals surface area contributed by atoms with E-state index in [9.17, 15) is 4.79 Å². The predicted octanol–water partition coefficient (Wildman–Crippen LogP) is 2.46. The summed E-state index contributed by atoms with van der Waals surface area (Å²) >= 11 is 0. The van der Waals surface area contributed by atoms with Crippen LogP contribution < -0.4 is 20.7 Å². The fraction of sp³-hybridized carbons (Fsp3) is 0.562. The molecule has 1 aliphatic heterocycles. The summed E-state index contributed by atoms with van der Waals surface area (Å²) in [5, 5.41) is 9.46. The normalized spacial score (nSPS) is 16.5. The molecule has 1 saturated heterocycles. The van der Waals surface area contributed by atoms with E-state index < -0.39 is 0 Å². The van der Waals surface area contributed by atoms with Gasteiger partial charge in [-0.25, -0.2) is 0 Å². The highest BCUT2D eigenvalue weighted by Gasteiger charge is 2.12. The molecular weight excluding hydrogens is 337 g/mol. The molecule has 23 heavy (non-hydrogen) atoms. The van der Waals surface area contributed by atoms with Gasteiger partial charge in [-0.3, -0.25) is 4.79 Å². The molecule has 1 aliphatic rings. The second kappa shape index (κ2) is 12.3. The van der Waals surface area contributed by atoms with Crippen LogP contribution in [0, 0.1) is 5.92 Å². The van der Waals surface area contributed by atoms with Gasteiger partial charge in [0.05, 0.1) is 19.3 Å². The first-order valence-corrected chi connectivity index (χ1v) is 7.64. The van der Waals surface area contributed by atoms with Gasteiger partial charge in [0.1, 0.15) is 5.75 Å². The first kappa shape index (κ1) is 21.8. The van der Waals surface area contributed by atoms with Gasteiger partial charge >= 0.3 is 0 Å². The lowest BCUT2D eigenvalue weighted by Gasteiger charge is -2.22. The van der Waals surface area contributed by atoms with Gasteiger partial charge in [-0.15, -0.1) is 24.8 Å². The number of benzene rings is 1. The maximum Gasteiger partial charge on any atom is 0.239 e. The molecule has 1 heterocycles. The highest BCUT2D eigenvalue weighted by Crippen LogP contribution is 2.22. The van der Waals surface area contributed by atoms with Gasteiger partial charge in [-0.05, 0) is 50.4 Å².